The largest absolute Gasteiger partial charge is 0.398 e. The molecule has 1 aromatic carbocycles. The number of halogens is 1. The Morgan fingerprint density at radius 2 is 1.68 bits per heavy atom. The number of rotatable bonds is 3. The Labute approximate surface area is 173 Å². The Hall–Kier alpha value is -1.75. The topological polar surface area (TPSA) is 75.4 Å². The first kappa shape index (κ1) is 21.0. The zero-order valence-electron chi connectivity index (χ0n) is 16.5. The van der Waals surface area contributed by atoms with Gasteiger partial charge in [0, 0.05) is 35.8 Å². The summed E-state index contributed by atoms with van der Waals surface area (Å²) in [5.74, 6) is 0.765. The van der Waals surface area contributed by atoms with Gasteiger partial charge in [0.2, 0.25) is 11.8 Å². The predicted molar refractivity (Wildman–Crippen MR) is 115 cm³/mol. The fourth-order valence-electron chi connectivity index (χ4n) is 5.09. The second-order valence-corrected chi connectivity index (χ2v) is 8.48. The second kappa shape index (κ2) is 9.17. The van der Waals surface area contributed by atoms with Crippen molar-refractivity contribution in [1.29, 1.82) is 0 Å². The molecular formula is C22H32ClN3O2. The molecule has 2 saturated carbocycles. The van der Waals surface area contributed by atoms with Crippen LogP contribution in [0, 0.1) is 11.8 Å². The lowest BCUT2D eigenvalue weighted by molar-refractivity contribution is -0.126. The molecule has 3 N–H and O–H groups in total. The van der Waals surface area contributed by atoms with E-state index in [-0.39, 0.29) is 42.1 Å². The van der Waals surface area contributed by atoms with Gasteiger partial charge in [0.05, 0.1) is 0 Å². The van der Waals surface area contributed by atoms with Gasteiger partial charge >= 0.3 is 0 Å². The minimum atomic E-state index is 0. The molecule has 1 aromatic rings. The highest BCUT2D eigenvalue weighted by atomic mass is 35.5. The first-order valence-electron chi connectivity index (χ1n) is 10.6. The van der Waals surface area contributed by atoms with E-state index in [1.165, 1.54) is 12.8 Å². The average Bonchev–Trinajstić information content (AvgIpc) is 3.23. The van der Waals surface area contributed by atoms with Crippen LogP contribution in [-0.2, 0) is 16.0 Å². The number of nitrogens with zero attached hydrogens (tertiary/aromatic N) is 1. The van der Waals surface area contributed by atoms with Crippen LogP contribution in [0.25, 0.3) is 0 Å². The Kier molecular flexibility index (Phi) is 6.86. The fraction of sp³-hybridized carbons (Fsp3) is 0.636. The average molecular weight is 406 g/mol. The van der Waals surface area contributed by atoms with Crippen LogP contribution < -0.4 is 16.0 Å². The number of carbonyl (C=O) groups is 2. The molecular weight excluding hydrogens is 374 g/mol. The van der Waals surface area contributed by atoms with Crippen LogP contribution in [0.3, 0.4) is 0 Å². The van der Waals surface area contributed by atoms with Crippen molar-refractivity contribution >= 4 is 35.6 Å². The van der Waals surface area contributed by atoms with Gasteiger partial charge in [-0.3, -0.25) is 9.59 Å². The van der Waals surface area contributed by atoms with Gasteiger partial charge in [0.25, 0.3) is 0 Å². The molecule has 0 saturated heterocycles. The smallest absolute Gasteiger partial charge is 0.230 e. The van der Waals surface area contributed by atoms with Crippen LogP contribution in [0.1, 0.15) is 63.4 Å². The third kappa shape index (κ3) is 4.29. The molecule has 4 rings (SSSR count). The fourth-order valence-corrected chi connectivity index (χ4v) is 5.09. The van der Waals surface area contributed by atoms with Crippen molar-refractivity contribution < 1.29 is 9.59 Å². The number of hydrogen-bond donors (Lipinski definition) is 2. The van der Waals surface area contributed by atoms with E-state index < -0.39 is 0 Å². The zero-order chi connectivity index (χ0) is 18.8. The molecule has 2 fully saturated rings. The molecule has 1 heterocycles. The molecule has 1 aliphatic heterocycles. The Morgan fingerprint density at radius 1 is 0.964 bits per heavy atom. The summed E-state index contributed by atoms with van der Waals surface area (Å²) in [7, 11) is 0. The maximum absolute atomic E-state index is 13.2. The molecule has 6 heteroatoms. The Morgan fingerprint density at radius 3 is 2.39 bits per heavy atom. The van der Waals surface area contributed by atoms with Gasteiger partial charge in [0.15, 0.2) is 0 Å². The lowest BCUT2D eigenvalue weighted by atomic mass is 9.84. The zero-order valence-corrected chi connectivity index (χ0v) is 17.3. The number of anilines is 2. The van der Waals surface area contributed by atoms with E-state index in [4.69, 9.17) is 5.73 Å². The molecule has 2 aliphatic carbocycles. The summed E-state index contributed by atoms with van der Waals surface area (Å²) in [6, 6.07) is 6.13. The first-order chi connectivity index (χ1) is 13.1. The van der Waals surface area contributed by atoms with E-state index in [0.29, 0.717) is 0 Å². The second-order valence-electron chi connectivity index (χ2n) is 8.48. The van der Waals surface area contributed by atoms with Crippen molar-refractivity contribution in [3.8, 4) is 0 Å². The number of carbonyl (C=O) groups excluding carboxylic acids is 2. The van der Waals surface area contributed by atoms with E-state index in [2.05, 4.69) is 5.32 Å². The van der Waals surface area contributed by atoms with Gasteiger partial charge in [0.1, 0.15) is 0 Å². The summed E-state index contributed by atoms with van der Waals surface area (Å²) in [6.07, 6.45) is 9.91. The van der Waals surface area contributed by atoms with E-state index in [1.807, 2.05) is 23.1 Å². The number of nitrogens with one attached hydrogen (secondary N) is 1. The highest BCUT2D eigenvalue weighted by Gasteiger charge is 2.33. The highest BCUT2D eigenvalue weighted by Crippen LogP contribution is 2.35. The molecule has 5 nitrogen and oxygen atoms in total. The van der Waals surface area contributed by atoms with Gasteiger partial charge in [-0.1, -0.05) is 18.9 Å². The van der Waals surface area contributed by atoms with E-state index >= 15 is 0 Å². The van der Waals surface area contributed by atoms with Gasteiger partial charge in [-0.2, -0.15) is 0 Å². The molecule has 2 amide bonds. The van der Waals surface area contributed by atoms with Crippen LogP contribution in [0.15, 0.2) is 18.2 Å². The van der Waals surface area contributed by atoms with Crippen molar-refractivity contribution in [2.24, 2.45) is 11.8 Å². The monoisotopic (exact) mass is 405 g/mol. The SMILES string of the molecule is Cl.Nc1cccc2c1CCCN2C(=O)C1CCC(NC(=O)C2CCCC2)CC1. The first-order valence-corrected chi connectivity index (χ1v) is 10.6. The maximum atomic E-state index is 13.2. The van der Waals surface area contributed by atoms with Gasteiger partial charge < -0.3 is 16.0 Å². The van der Waals surface area contributed by atoms with Gasteiger partial charge in [-0.05, 0) is 69.1 Å². The molecule has 154 valence electrons. The standard InChI is InChI=1S/C22H31N3O2.ClH/c23-19-8-3-9-20-18(19)7-4-14-25(20)22(27)16-10-12-17(13-11-16)24-21(26)15-5-1-2-6-15;/h3,8-9,15-17H,1-2,4-7,10-14,23H2,(H,24,26);1H. The van der Waals surface area contributed by atoms with Crippen LogP contribution >= 0.6 is 12.4 Å². The van der Waals surface area contributed by atoms with Crippen molar-refractivity contribution in [2.45, 2.75) is 70.3 Å². The molecule has 0 unspecified atom stereocenters. The Balaban J connectivity index is 0.00000225. The van der Waals surface area contributed by atoms with E-state index in [1.54, 1.807) is 0 Å². The lowest BCUT2D eigenvalue weighted by Gasteiger charge is -2.35. The molecule has 0 atom stereocenters. The molecule has 28 heavy (non-hydrogen) atoms. The number of nitrogen functional groups attached to an aromatic ring is 1. The molecule has 0 aromatic heterocycles. The minimum absolute atomic E-state index is 0. The number of fused-ring (bicyclic) bond motifs is 1. The summed E-state index contributed by atoms with van der Waals surface area (Å²) in [6.45, 7) is 0.785. The normalized spacial score (nSPS) is 24.9. The maximum Gasteiger partial charge on any atom is 0.230 e. The third-order valence-electron chi connectivity index (χ3n) is 6.70. The van der Waals surface area contributed by atoms with Crippen LogP contribution in [0.2, 0.25) is 0 Å². The summed E-state index contributed by atoms with van der Waals surface area (Å²) >= 11 is 0. The van der Waals surface area contributed by atoms with Crippen LogP contribution in [0.4, 0.5) is 11.4 Å². The van der Waals surface area contributed by atoms with E-state index in [0.717, 1.165) is 74.8 Å². The quantitative estimate of drug-likeness (QED) is 0.750. The summed E-state index contributed by atoms with van der Waals surface area (Å²) < 4.78 is 0. The van der Waals surface area contributed by atoms with Crippen LogP contribution in [0.5, 0.6) is 0 Å². The van der Waals surface area contributed by atoms with Crippen molar-refractivity contribution in [1.82, 2.24) is 5.32 Å². The third-order valence-corrected chi connectivity index (χ3v) is 6.70. The summed E-state index contributed by atoms with van der Waals surface area (Å²) in [5.41, 5.74) is 9.04. The summed E-state index contributed by atoms with van der Waals surface area (Å²) in [5, 5.41) is 3.24. The van der Waals surface area contributed by atoms with E-state index in [9.17, 15) is 9.59 Å². The molecule has 0 bridgehead atoms. The molecule has 0 radical (unpaired) electrons. The minimum Gasteiger partial charge on any atom is -0.398 e. The number of amides is 2. The van der Waals surface area contributed by atoms with Crippen molar-refractivity contribution in [2.75, 3.05) is 17.2 Å². The van der Waals surface area contributed by atoms with Crippen LogP contribution in [-0.4, -0.2) is 24.4 Å². The molecule has 0 spiro atoms. The number of benzene rings is 1. The van der Waals surface area contributed by atoms with Gasteiger partial charge in [-0.15, -0.1) is 12.4 Å². The lowest BCUT2D eigenvalue weighted by Crippen LogP contribution is -2.44. The van der Waals surface area contributed by atoms with Crippen molar-refractivity contribution in [3.05, 3.63) is 23.8 Å². The number of hydrogen-bond acceptors (Lipinski definition) is 3. The number of nitrogens with two attached hydrogens (primary N) is 1. The summed E-state index contributed by atoms with van der Waals surface area (Å²) in [4.78, 5) is 27.5. The predicted octanol–water partition coefficient (Wildman–Crippen LogP) is 3.84. The Bertz CT molecular complexity index is 710. The van der Waals surface area contributed by atoms with Gasteiger partial charge in [-0.25, -0.2) is 0 Å². The molecule has 3 aliphatic rings. The van der Waals surface area contributed by atoms with Crippen molar-refractivity contribution in [3.63, 3.8) is 0 Å². The highest BCUT2D eigenvalue weighted by molar-refractivity contribution is 5.97.